The van der Waals surface area contributed by atoms with Crippen LogP contribution in [0.3, 0.4) is 0 Å². The Morgan fingerprint density at radius 3 is 2.66 bits per heavy atom. The number of hydrogen-bond donors (Lipinski definition) is 2. The first-order chi connectivity index (χ1) is 14.1. The quantitative estimate of drug-likeness (QED) is 0.446. The average Bonchev–Trinajstić information content (AvgIpc) is 3.18. The normalized spacial score (nSPS) is 22.9. The van der Waals surface area contributed by atoms with Crippen LogP contribution in [-0.4, -0.2) is 64.3 Å². The van der Waals surface area contributed by atoms with Crippen LogP contribution in [0.15, 0.2) is 24.4 Å². The number of rotatable bonds is 6. The van der Waals surface area contributed by atoms with Crippen LogP contribution >= 0.6 is 34.8 Å². The summed E-state index contributed by atoms with van der Waals surface area (Å²) in [7, 11) is 0. The highest BCUT2D eigenvalue weighted by atomic mass is 127. The van der Waals surface area contributed by atoms with E-state index >= 15 is 0 Å². The van der Waals surface area contributed by atoms with Crippen LogP contribution in [-0.2, 0) is 4.74 Å². The van der Waals surface area contributed by atoms with Gasteiger partial charge in [0.2, 0.25) is 0 Å². The lowest BCUT2D eigenvalue weighted by Gasteiger charge is -2.30. The Balaban J connectivity index is 1.59. The van der Waals surface area contributed by atoms with Gasteiger partial charge in [-0.25, -0.2) is 0 Å². The van der Waals surface area contributed by atoms with E-state index in [1.165, 1.54) is 20.5 Å². The summed E-state index contributed by atoms with van der Waals surface area (Å²) in [5, 5.41) is 4.39. The van der Waals surface area contributed by atoms with Gasteiger partial charge in [-0.3, -0.25) is 9.88 Å². The second kappa shape index (κ2) is 9.28. The lowest BCUT2D eigenvalue weighted by molar-refractivity contribution is 0.0365. The number of nitrogens with zero attached hydrogens (tertiary/aromatic N) is 3. The molecule has 2 aliphatic rings. The maximum atomic E-state index is 5.80. The average molecular weight is 525 g/mol. The van der Waals surface area contributed by atoms with E-state index < -0.39 is 0 Å². The van der Waals surface area contributed by atoms with Crippen LogP contribution in [0.2, 0.25) is 0 Å². The Morgan fingerprint density at radius 2 is 2.00 bits per heavy atom. The highest BCUT2D eigenvalue weighted by molar-refractivity contribution is 14.1. The first-order valence-electron chi connectivity index (χ1n) is 10.2. The number of pyridine rings is 1. The highest BCUT2D eigenvalue weighted by Gasteiger charge is 2.41. The number of halogens is 1. The van der Waals surface area contributed by atoms with Gasteiger partial charge in [0.1, 0.15) is 0 Å². The molecule has 29 heavy (non-hydrogen) atoms. The Kier molecular flexibility index (Phi) is 6.73. The molecule has 0 aromatic carbocycles. The molecule has 2 N–H and O–H groups in total. The van der Waals surface area contributed by atoms with Gasteiger partial charge in [-0.15, -0.1) is 0 Å². The summed E-state index contributed by atoms with van der Waals surface area (Å²) in [5.41, 5.74) is 4.79. The Morgan fingerprint density at radius 1 is 1.21 bits per heavy atom. The minimum absolute atomic E-state index is 0.0505. The van der Waals surface area contributed by atoms with Gasteiger partial charge in [-0.1, -0.05) is 6.07 Å². The second-order valence-corrected chi connectivity index (χ2v) is 9.20. The topological polar surface area (TPSA) is 56.4 Å². The molecule has 156 valence electrons. The third-order valence-corrected chi connectivity index (χ3v) is 7.56. The van der Waals surface area contributed by atoms with Crippen molar-refractivity contribution in [3.63, 3.8) is 0 Å². The molecule has 8 heteroatoms. The standard InChI is InChI=1S/C21H28IN5OS/c1-14-17(18(22)15(2)24-14)20-19(16-6-3-4-7-23-16)25-21(29)27(20)9-5-8-26-10-12-28-13-11-26/h3-4,6-7,19-20,24H,5,8-13H2,1-2H3,(H,25,29)/t19-,20+/m0/s1. The molecule has 0 bridgehead atoms. The van der Waals surface area contributed by atoms with Gasteiger partial charge in [0.05, 0.1) is 31.0 Å². The fourth-order valence-electron chi connectivity index (χ4n) is 4.37. The largest absolute Gasteiger partial charge is 0.379 e. The number of thiocarbonyl (C=S) groups is 1. The van der Waals surface area contributed by atoms with E-state index in [9.17, 15) is 0 Å². The maximum Gasteiger partial charge on any atom is 0.170 e. The van der Waals surface area contributed by atoms with Crippen molar-refractivity contribution in [2.75, 3.05) is 39.4 Å². The number of hydrogen-bond acceptors (Lipinski definition) is 4. The first kappa shape index (κ1) is 21.0. The molecule has 2 aromatic rings. The van der Waals surface area contributed by atoms with Crippen LogP contribution in [0.4, 0.5) is 0 Å². The van der Waals surface area contributed by atoms with E-state index in [2.05, 4.69) is 67.6 Å². The van der Waals surface area contributed by atoms with Crippen molar-refractivity contribution in [2.45, 2.75) is 32.4 Å². The van der Waals surface area contributed by atoms with Gasteiger partial charge >= 0.3 is 0 Å². The molecular formula is C21H28IN5OS. The number of H-pyrrole nitrogens is 1. The van der Waals surface area contributed by atoms with Crippen LogP contribution in [0.1, 0.15) is 41.1 Å². The maximum absolute atomic E-state index is 5.80. The van der Waals surface area contributed by atoms with Crippen molar-refractivity contribution >= 4 is 39.9 Å². The third-order valence-electron chi connectivity index (χ3n) is 5.82. The van der Waals surface area contributed by atoms with E-state index in [-0.39, 0.29) is 12.1 Å². The summed E-state index contributed by atoms with van der Waals surface area (Å²) in [4.78, 5) is 13.0. The van der Waals surface area contributed by atoms with Crippen molar-refractivity contribution < 1.29 is 4.74 Å². The Labute approximate surface area is 191 Å². The molecule has 0 unspecified atom stereocenters. The van der Waals surface area contributed by atoms with Crippen molar-refractivity contribution in [3.8, 4) is 0 Å². The molecule has 2 aliphatic heterocycles. The van der Waals surface area contributed by atoms with E-state index in [0.717, 1.165) is 56.6 Å². The number of ether oxygens (including phenoxy) is 1. The zero-order valence-electron chi connectivity index (χ0n) is 16.9. The fourth-order valence-corrected chi connectivity index (χ4v) is 5.56. The van der Waals surface area contributed by atoms with Crippen LogP contribution in [0.25, 0.3) is 0 Å². The predicted molar refractivity (Wildman–Crippen MR) is 127 cm³/mol. The molecule has 0 radical (unpaired) electrons. The summed E-state index contributed by atoms with van der Waals surface area (Å²) in [6.45, 7) is 10.0. The summed E-state index contributed by atoms with van der Waals surface area (Å²) in [5.74, 6) is 0. The van der Waals surface area contributed by atoms with Gasteiger partial charge in [-0.2, -0.15) is 0 Å². The Bertz CT molecular complexity index is 852. The van der Waals surface area contributed by atoms with Crippen LogP contribution in [0, 0.1) is 17.4 Å². The minimum atomic E-state index is 0.0505. The van der Waals surface area contributed by atoms with Crippen molar-refractivity contribution in [2.24, 2.45) is 0 Å². The zero-order chi connectivity index (χ0) is 20.4. The summed E-state index contributed by atoms with van der Waals surface area (Å²) >= 11 is 8.26. The third kappa shape index (κ3) is 4.45. The zero-order valence-corrected chi connectivity index (χ0v) is 19.9. The molecule has 0 amide bonds. The van der Waals surface area contributed by atoms with Gasteiger partial charge in [0.15, 0.2) is 5.11 Å². The van der Waals surface area contributed by atoms with Gasteiger partial charge < -0.3 is 19.9 Å². The van der Waals surface area contributed by atoms with Gasteiger partial charge in [0, 0.05) is 52.9 Å². The monoisotopic (exact) mass is 525 g/mol. The first-order valence-corrected chi connectivity index (χ1v) is 11.7. The molecule has 0 spiro atoms. The number of morpholine rings is 1. The van der Waals surface area contributed by atoms with Gasteiger partial charge in [-0.05, 0) is 67.2 Å². The minimum Gasteiger partial charge on any atom is -0.379 e. The SMILES string of the molecule is Cc1[nH]c(C)c([C@@H]2[C@H](c3ccccn3)NC(=S)N2CCCN2CCOCC2)c1I. The molecule has 6 nitrogen and oxygen atoms in total. The lowest BCUT2D eigenvalue weighted by atomic mass is 9.96. The van der Waals surface area contributed by atoms with E-state index in [1.807, 2.05) is 18.3 Å². The van der Waals surface area contributed by atoms with Crippen LogP contribution < -0.4 is 5.32 Å². The van der Waals surface area contributed by atoms with Crippen LogP contribution in [0.5, 0.6) is 0 Å². The predicted octanol–water partition coefficient (Wildman–Crippen LogP) is 3.33. The molecule has 2 aromatic heterocycles. The molecular weight excluding hydrogens is 497 g/mol. The summed E-state index contributed by atoms with van der Waals surface area (Å²) in [6, 6.07) is 6.28. The van der Waals surface area contributed by atoms with E-state index in [1.54, 1.807) is 0 Å². The summed E-state index contributed by atoms with van der Waals surface area (Å²) in [6.07, 6.45) is 2.94. The molecule has 0 aliphatic carbocycles. The van der Waals surface area contributed by atoms with Gasteiger partial charge in [0.25, 0.3) is 0 Å². The molecule has 4 rings (SSSR count). The van der Waals surface area contributed by atoms with Crippen molar-refractivity contribution in [1.29, 1.82) is 0 Å². The number of nitrogens with one attached hydrogen (secondary N) is 2. The molecule has 0 saturated carbocycles. The van der Waals surface area contributed by atoms with E-state index in [0.29, 0.717) is 0 Å². The molecule has 2 atom stereocenters. The van der Waals surface area contributed by atoms with E-state index in [4.69, 9.17) is 17.0 Å². The Hall–Kier alpha value is -1.23. The molecule has 2 fully saturated rings. The lowest BCUT2D eigenvalue weighted by Crippen LogP contribution is -2.39. The number of aromatic nitrogens is 2. The smallest absolute Gasteiger partial charge is 0.170 e. The molecule has 2 saturated heterocycles. The number of aromatic amines is 1. The number of aryl methyl sites for hydroxylation is 2. The molecule has 4 heterocycles. The van der Waals surface area contributed by atoms with Crippen molar-refractivity contribution in [1.82, 2.24) is 25.1 Å². The fraction of sp³-hybridized carbons (Fsp3) is 0.524. The second-order valence-electron chi connectivity index (χ2n) is 7.73. The summed E-state index contributed by atoms with van der Waals surface area (Å²) < 4.78 is 6.76. The highest BCUT2D eigenvalue weighted by Crippen LogP contribution is 2.42. The van der Waals surface area contributed by atoms with Crippen molar-refractivity contribution in [3.05, 3.63) is 50.6 Å².